The molecule has 1 amide bonds. The van der Waals surface area contributed by atoms with Crippen LogP contribution in [0.2, 0.25) is 0 Å². The number of ether oxygens (including phenoxy) is 3. The summed E-state index contributed by atoms with van der Waals surface area (Å²) >= 11 is 0. The van der Waals surface area contributed by atoms with Gasteiger partial charge in [-0.15, -0.1) is 6.58 Å². The molecule has 10 nitrogen and oxygen atoms in total. The number of hydrogen-bond donors (Lipinski definition) is 1. The highest BCUT2D eigenvalue weighted by atomic mass is 16.5. The maximum absolute atomic E-state index is 14.3. The van der Waals surface area contributed by atoms with E-state index in [1.165, 1.54) is 4.90 Å². The summed E-state index contributed by atoms with van der Waals surface area (Å²) in [7, 11) is 1.59. The molecule has 2 aliphatic carbocycles. The monoisotopic (exact) mass is 620 g/mol. The summed E-state index contributed by atoms with van der Waals surface area (Å²) in [6.45, 7) is 9.52. The van der Waals surface area contributed by atoms with Crippen LogP contribution in [0.3, 0.4) is 0 Å². The SMILES string of the molecule is C=C[C@@H]1C[C@]1(CC(=O)[C@@H]1C[C@@H](Oc2nccc3cc(OC)ccc23)CN1C(=O)[C@@H](CC(=O)OC1CCCC1)C(C)(C)C)C(=O)O. The number of aromatic nitrogens is 1. The minimum Gasteiger partial charge on any atom is -0.497 e. The number of fused-ring (bicyclic) bond motifs is 1. The van der Waals surface area contributed by atoms with Crippen molar-refractivity contribution in [2.75, 3.05) is 13.7 Å². The molecular formula is C35H44N2O8. The maximum Gasteiger partial charge on any atom is 0.310 e. The average molecular weight is 621 g/mol. The zero-order valence-corrected chi connectivity index (χ0v) is 26.6. The number of carbonyl (C=O) groups excluding carboxylic acids is 3. The van der Waals surface area contributed by atoms with Crippen LogP contribution in [0.15, 0.2) is 43.1 Å². The number of carbonyl (C=O) groups is 4. The number of hydrogen-bond acceptors (Lipinski definition) is 8. The Morgan fingerprint density at radius 1 is 1.16 bits per heavy atom. The van der Waals surface area contributed by atoms with Crippen LogP contribution < -0.4 is 9.47 Å². The van der Waals surface area contributed by atoms with Crippen LogP contribution in [-0.2, 0) is 23.9 Å². The molecule has 5 rings (SSSR count). The van der Waals surface area contributed by atoms with Crippen molar-refractivity contribution < 1.29 is 38.5 Å². The Morgan fingerprint density at radius 2 is 1.89 bits per heavy atom. The van der Waals surface area contributed by atoms with Crippen molar-refractivity contribution in [1.29, 1.82) is 0 Å². The molecule has 0 bridgehead atoms. The molecule has 1 aromatic carbocycles. The summed E-state index contributed by atoms with van der Waals surface area (Å²) in [5.74, 6) is -2.14. The molecule has 0 spiro atoms. The highest BCUT2D eigenvalue weighted by molar-refractivity contribution is 5.95. The molecule has 1 saturated heterocycles. The highest BCUT2D eigenvalue weighted by Crippen LogP contribution is 2.56. The average Bonchev–Trinajstić information content (AvgIpc) is 3.28. The number of pyridine rings is 1. The summed E-state index contributed by atoms with van der Waals surface area (Å²) in [6.07, 6.45) is 6.39. The summed E-state index contributed by atoms with van der Waals surface area (Å²) in [4.78, 5) is 59.5. The van der Waals surface area contributed by atoms with E-state index in [1.807, 2.05) is 45.0 Å². The lowest BCUT2D eigenvalue weighted by Gasteiger charge is -2.35. The number of allylic oxidation sites excluding steroid dienone is 1. The summed E-state index contributed by atoms with van der Waals surface area (Å²) in [5.41, 5.74) is -1.82. The van der Waals surface area contributed by atoms with E-state index in [0.717, 1.165) is 36.5 Å². The van der Waals surface area contributed by atoms with Gasteiger partial charge in [-0.05, 0) is 73.1 Å². The van der Waals surface area contributed by atoms with Crippen molar-refractivity contribution in [2.24, 2.45) is 22.7 Å². The third-order valence-electron chi connectivity index (χ3n) is 9.78. The van der Waals surface area contributed by atoms with Gasteiger partial charge in [0.25, 0.3) is 0 Å². The molecule has 1 aromatic heterocycles. The predicted octanol–water partition coefficient (Wildman–Crippen LogP) is 5.37. The molecule has 0 unspecified atom stereocenters. The van der Waals surface area contributed by atoms with Crippen molar-refractivity contribution in [2.45, 2.75) is 90.4 Å². The molecular weight excluding hydrogens is 576 g/mol. The number of Topliss-reactive ketones (excluding diaryl/α,β-unsaturated/α-hetero) is 1. The van der Waals surface area contributed by atoms with Gasteiger partial charge in [0.05, 0.1) is 37.5 Å². The largest absolute Gasteiger partial charge is 0.497 e. The maximum atomic E-state index is 14.3. The number of ketones is 1. The first-order valence-corrected chi connectivity index (χ1v) is 15.8. The molecule has 2 heterocycles. The van der Waals surface area contributed by atoms with Gasteiger partial charge in [0.1, 0.15) is 18.0 Å². The Labute approximate surface area is 264 Å². The minimum atomic E-state index is -1.21. The van der Waals surface area contributed by atoms with Gasteiger partial charge >= 0.3 is 11.9 Å². The number of rotatable bonds is 12. The van der Waals surface area contributed by atoms with E-state index >= 15 is 0 Å². The summed E-state index contributed by atoms with van der Waals surface area (Å²) < 4.78 is 17.4. The minimum absolute atomic E-state index is 0.0959. The Morgan fingerprint density at radius 3 is 2.51 bits per heavy atom. The van der Waals surface area contributed by atoms with Crippen LogP contribution in [-0.4, -0.2) is 70.5 Å². The molecule has 1 N–H and O–H groups in total. The Balaban J connectivity index is 1.41. The number of esters is 1. The molecule has 2 aromatic rings. The van der Waals surface area contributed by atoms with Crippen LogP contribution >= 0.6 is 0 Å². The van der Waals surface area contributed by atoms with Crippen LogP contribution in [0.25, 0.3) is 10.8 Å². The lowest BCUT2D eigenvalue weighted by atomic mass is 9.77. The Kier molecular flexibility index (Phi) is 9.23. The molecule has 45 heavy (non-hydrogen) atoms. The molecule has 242 valence electrons. The van der Waals surface area contributed by atoms with Crippen molar-refractivity contribution >= 4 is 34.4 Å². The van der Waals surface area contributed by atoms with Crippen molar-refractivity contribution in [1.82, 2.24) is 9.88 Å². The fourth-order valence-corrected chi connectivity index (χ4v) is 6.91. The normalized spacial score (nSPS) is 25.5. The number of likely N-dealkylation sites (tertiary alicyclic amines) is 1. The van der Waals surface area contributed by atoms with Gasteiger partial charge in [0.2, 0.25) is 11.8 Å². The highest BCUT2D eigenvalue weighted by Gasteiger charge is 2.61. The van der Waals surface area contributed by atoms with E-state index in [9.17, 15) is 24.3 Å². The van der Waals surface area contributed by atoms with Crippen molar-refractivity contribution in [3.63, 3.8) is 0 Å². The van der Waals surface area contributed by atoms with Gasteiger partial charge in [-0.2, -0.15) is 0 Å². The van der Waals surface area contributed by atoms with Crippen molar-refractivity contribution in [3.05, 3.63) is 43.1 Å². The fraction of sp³-hybridized carbons (Fsp3) is 0.571. The van der Waals surface area contributed by atoms with Crippen LogP contribution in [0.4, 0.5) is 0 Å². The fourth-order valence-electron chi connectivity index (χ4n) is 6.91. The molecule has 3 fully saturated rings. The zero-order valence-electron chi connectivity index (χ0n) is 26.6. The zero-order chi connectivity index (χ0) is 32.5. The third-order valence-corrected chi connectivity index (χ3v) is 9.78. The second-order valence-electron chi connectivity index (χ2n) is 13.9. The number of amides is 1. The van der Waals surface area contributed by atoms with E-state index in [-0.39, 0.29) is 49.5 Å². The smallest absolute Gasteiger partial charge is 0.310 e. The molecule has 3 aliphatic rings. The van der Waals surface area contributed by atoms with Gasteiger partial charge in [0, 0.05) is 24.4 Å². The van der Waals surface area contributed by atoms with Gasteiger partial charge in [-0.25, -0.2) is 4.98 Å². The lowest BCUT2D eigenvalue weighted by molar-refractivity contribution is -0.156. The number of nitrogens with zero attached hydrogens (tertiary/aromatic N) is 2. The summed E-state index contributed by atoms with van der Waals surface area (Å²) in [5, 5.41) is 11.6. The van der Waals surface area contributed by atoms with Crippen molar-refractivity contribution in [3.8, 4) is 11.6 Å². The third kappa shape index (κ3) is 6.84. The van der Waals surface area contributed by atoms with Crippen LogP contribution in [0.1, 0.15) is 72.1 Å². The van der Waals surface area contributed by atoms with Gasteiger partial charge in [-0.3, -0.25) is 19.2 Å². The number of carboxylic acid groups (broad SMARTS) is 1. The molecule has 2 saturated carbocycles. The Hall–Kier alpha value is -3.95. The second kappa shape index (κ2) is 12.8. The van der Waals surface area contributed by atoms with E-state index in [2.05, 4.69) is 11.6 Å². The molecule has 1 aliphatic heterocycles. The van der Waals surface area contributed by atoms with Crippen LogP contribution in [0.5, 0.6) is 11.6 Å². The van der Waals surface area contributed by atoms with Crippen LogP contribution in [0, 0.1) is 22.7 Å². The van der Waals surface area contributed by atoms with Gasteiger partial charge < -0.3 is 24.2 Å². The number of benzene rings is 1. The van der Waals surface area contributed by atoms with Gasteiger partial charge in [-0.1, -0.05) is 26.8 Å². The van der Waals surface area contributed by atoms with E-state index < -0.39 is 40.8 Å². The molecule has 5 atom stereocenters. The number of carboxylic acids is 1. The van der Waals surface area contributed by atoms with E-state index in [4.69, 9.17) is 14.2 Å². The number of methoxy groups -OCH3 is 1. The van der Waals surface area contributed by atoms with E-state index in [1.54, 1.807) is 19.4 Å². The first-order valence-electron chi connectivity index (χ1n) is 15.8. The van der Waals surface area contributed by atoms with Gasteiger partial charge in [0.15, 0.2) is 5.78 Å². The molecule has 10 heteroatoms. The first-order chi connectivity index (χ1) is 21.4. The quantitative estimate of drug-likeness (QED) is 0.246. The summed E-state index contributed by atoms with van der Waals surface area (Å²) in [6, 6.07) is 6.47. The predicted molar refractivity (Wildman–Crippen MR) is 167 cm³/mol. The topological polar surface area (TPSA) is 132 Å². The molecule has 0 radical (unpaired) electrons. The number of aliphatic carboxylic acids is 1. The lowest BCUT2D eigenvalue weighted by Crippen LogP contribution is -2.48. The standard InChI is InChI=1S/C35H44N2O8/c1-6-22-18-35(22,33(41)42)19-29(38)28-16-25(45-31-26-12-11-24(43-5)15-21(26)13-14-36-31)20-37(28)32(40)27(34(2,3)4)17-30(39)44-23-9-7-8-10-23/h6,11-15,22-23,25,27-28H,1,7-10,16-20H2,2-5H3,(H,41,42)/t22-,25-,27-,28+,35-/m1/s1. The second-order valence-corrected chi connectivity index (χ2v) is 13.9. The van der Waals surface area contributed by atoms with E-state index in [0.29, 0.717) is 18.1 Å². The first kappa shape index (κ1) is 32.4. The Bertz CT molecular complexity index is 1480.